The van der Waals surface area contributed by atoms with Gasteiger partial charge < -0.3 is 5.32 Å². The number of hydrazine groups is 1. The third kappa shape index (κ3) is 5.21. The molecule has 2 heterocycles. The van der Waals surface area contributed by atoms with E-state index in [9.17, 15) is 22.8 Å². The van der Waals surface area contributed by atoms with E-state index in [4.69, 9.17) is 0 Å². The lowest BCUT2D eigenvalue weighted by molar-refractivity contribution is -0.137. The zero-order chi connectivity index (χ0) is 25.7. The van der Waals surface area contributed by atoms with Gasteiger partial charge in [-0.3, -0.25) is 4.79 Å². The number of amides is 2. The normalized spacial score (nSPS) is 21.8. The van der Waals surface area contributed by atoms with Gasteiger partial charge in [-0.2, -0.15) is 13.2 Å². The van der Waals surface area contributed by atoms with E-state index in [1.54, 1.807) is 17.5 Å². The lowest BCUT2D eigenvalue weighted by Crippen LogP contribution is -2.39. The molecule has 1 saturated carbocycles. The van der Waals surface area contributed by atoms with Crippen LogP contribution in [0.3, 0.4) is 0 Å². The standard InChI is InChI=1S/C26H28F3N3O2S2/c1-25(2)13-18-21(20(33)14-25)23(35-17-5-3-4-6-17)36-22(18)19-11-12-32(31-19)24(34)30-16-9-7-15(8-10-16)26(27,28)29/h7-12,17,19,31H,3-6,13-14H2,1-2H3,(H,30,34). The van der Waals surface area contributed by atoms with Gasteiger partial charge in [-0.1, -0.05) is 26.7 Å². The minimum atomic E-state index is -4.43. The summed E-state index contributed by atoms with van der Waals surface area (Å²) in [4.78, 5) is 27.0. The molecule has 1 unspecified atom stereocenters. The van der Waals surface area contributed by atoms with Gasteiger partial charge in [-0.15, -0.1) is 23.1 Å². The Morgan fingerprint density at radius 3 is 2.53 bits per heavy atom. The lowest BCUT2D eigenvalue weighted by atomic mass is 9.74. The van der Waals surface area contributed by atoms with Gasteiger partial charge in [-0.05, 0) is 60.6 Å². The second kappa shape index (κ2) is 9.54. The van der Waals surface area contributed by atoms with Gasteiger partial charge >= 0.3 is 12.2 Å². The van der Waals surface area contributed by atoms with Crippen LogP contribution >= 0.6 is 23.1 Å². The maximum atomic E-state index is 13.2. The van der Waals surface area contributed by atoms with Crippen LogP contribution in [0.15, 0.2) is 40.8 Å². The topological polar surface area (TPSA) is 61.4 Å². The number of ketones is 1. The quantitative estimate of drug-likeness (QED) is 0.424. The van der Waals surface area contributed by atoms with Crippen LogP contribution in [-0.4, -0.2) is 22.1 Å². The number of benzene rings is 1. The van der Waals surface area contributed by atoms with Crippen molar-refractivity contribution in [1.82, 2.24) is 10.4 Å². The molecule has 1 aliphatic heterocycles. The van der Waals surface area contributed by atoms with E-state index in [0.29, 0.717) is 11.7 Å². The number of fused-ring (bicyclic) bond motifs is 1. The van der Waals surface area contributed by atoms with Gasteiger partial charge in [0.25, 0.3) is 0 Å². The number of carbonyl (C=O) groups excluding carboxylic acids is 2. The lowest BCUT2D eigenvalue weighted by Gasteiger charge is -2.30. The predicted molar refractivity (Wildman–Crippen MR) is 136 cm³/mol. The smallest absolute Gasteiger partial charge is 0.306 e. The molecule has 36 heavy (non-hydrogen) atoms. The van der Waals surface area contributed by atoms with Crippen molar-refractivity contribution in [2.45, 2.75) is 74.0 Å². The van der Waals surface area contributed by atoms with Crippen LogP contribution < -0.4 is 10.7 Å². The average Bonchev–Trinajstić information content (AvgIpc) is 3.53. The molecule has 2 aromatic rings. The van der Waals surface area contributed by atoms with Gasteiger partial charge in [0.1, 0.15) is 0 Å². The maximum Gasteiger partial charge on any atom is 0.416 e. The number of hydrogen-bond donors (Lipinski definition) is 2. The molecule has 1 aromatic heterocycles. The number of urea groups is 1. The third-order valence-corrected chi connectivity index (χ3v) is 9.70. The Labute approximate surface area is 216 Å². The van der Waals surface area contributed by atoms with Crippen LogP contribution in [0.2, 0.25) is 0 Å². The van der Waals surface area contributed by atoms with E-state index in [1.807, 2.05) is 17.8 Å². The largest absolute Gasteiger partial charge is 0.416 e. The summed E-state index contributed by atoms with van der Waals surface area (Å²) in [6.07, 6.45) is 5.21. The molecule has 1 fully saturated rings. The van der Waals surface area contributed by atoms with E-state index < -0.39 is 17.8 Å². The van der Waals surface area contributed by atoms with Crippen molar-refractivity contribution in [3.8, 4) is 0 Å². The molecular formula is C26H28F3N3O2S2. The zero-order valence-corrected chi connectivity index (χ0v) is 21.7. The fourth-order valence-corrected chi connectivity index (χ4v) is 8.27. The van der Waals surface area contributed by atoms with E-state index in [1.165, 1.54) is 42.8 Å². The fourth-order valence-electron chi connectivity index (χ4n) is 5.08. The highest BCUT2D eigenvalue weighted by Crippen LogP contribution is 2.49. The second-order valence-electron chi connectivity index (χ2n) is 10.4. The molecule has 2 N–H and O–H groups in total. The number of thioether (sulfide) groups is 1. The van der Waals surface area contributed by atoms with E-state index in [0.717, 1.165) is 38.8 Å². The van der Waals surface area contributed by atoms with E-state index in [2.05, 4.69) is 24.6 Å². The molecule has 3 aliphatic rings. The Balaban J connectivity index is 1.33. The summed E-state index contributed by atoms with van der Waals surface area (Å²) in [7, 11) is 0. The van der Waals surface area contributed by atoms with Gasteiger partial charge in [-0.25, -0.2) is 15.2 Å². The molecule has 0 spiro atoms. The zero-order valence-electron chi connectivity index (χ0n) is 20.1. The summed E-state index contributed by atoms with van der Waals surface area (Å²) in [5, 5.41) is 4.46. The SMILES string of the molecule is CC1(C)CC(=O)c2c(SC3CCCC3)sc(C3C=CN(C(=O)Nc4ccc(C(F)(F)F)cc4)N3)c2C1. The molecule has 2 amide bonds. The number of nitrogens with one attached hydrogen (secondary N) is 2. The predicted octanol–water partition coefficient (Wildman–Crippen LogP) is 7.56. The van der Waals surface area contributed by atoms with Crippen molar-refractivity contribution in [3.05, 3.63) is 58.1 Å². The summed E-state index contributed by atoms with van der Waals surface area (Å²) >= 11 is 3.48. The molecule has 0 saturated heterocycles. The third-order valence-electron chi connectivity index (χ3n) is 6.83. The summed E-state index contributed by atoms with van der Waals surface area (Å²) in [6.45, 7) is 4.22. The molecule has 5 rings (SSSR count). The molecule has 192 valence electrons. The molecule has 10 heteroatoms. The van der Waals surface area contributed by atoms with Gasteiger partial charge in [0.2, 0.25) is 0 Å². The number of hydrogen-bond acceptors (Lipinski definition) is 5. The second-order valence-corrected chi connectivity index (χ2v) is 13.0. The maximum absolute atomic E-state index is 13.2. The minimum absolute atomic E-state index is 0.128. The Morgan fingerprint density at radius 1 is 1.17 bits per heavy atom. The van der Waals surface area contributed by atoms with Gasteiger partial charge in [0.15, 0.2) is 5.78 Å². The highest BCUT2D eigenvalue weighted by molar-refractivity contribution is 8.01. The first kappa shape index (κ1) is 25.4. The number of thiophene rings is 1. The van der Waals surface area contributed by atoms with Gasteiger partial charge in [0.05, 0.1) is 15.8 Å². The first-order valence-corrected chi connectivity index (χ1v) is 13.8. The fraction of sp³-hybridized carbons (Fsp3) is 0.462. The minimum Gasteiger partial charge on any atom is -0.306 e. The highest BCUT2D eigenvalue weighted by atomic mass is 32.2. The van der Waals surface area contributed by atoms with Crippen molar-refractivity contribution in [3.63, 3.8) is 0 Å². The Morgan fingerprint density at radius 2 is 1.86 bits per heavy atom. The van der Waals surface area contributed by atoms with E-state index >= 15 is 0 Å². The summed E-state index contributed by atoms with van der Waals surface area (Å²) in [5.74, 6) is 0.197. The van der Waals surface area contributed by atoms with Crippen molar-refractivity contribution in [2.75, 3.05) is 5.32 Å². The monoisotopic (exact) mass is 535 g/mol. The molecule has 1 aromatic carbocycles. The molecule has 0 radical (unpaired) electrons. The first-order chi connectivity index (χ1) is 17.0. The van der Waals surface area contributed by atoms with Crippen LogP contribution in [0.25, 0.3) is 0 Å². The van der Waals surface area contributed by atoms with Crippen molar-refractivity contribution in [1.29, 1.82) is 0 Å². The summed E-state index contributed by atoms with van der Waals surface area (Å²) in [5.41, 5.74) is 4.50. The summed E-state index contributed by atoms with van der Waals surface area (Å²) in [6, 6.07) is 3.57. The molecule has 1 atom stereocenters. The number of carbonyl (C=O) groups is 2. The number of Topliss-reactive ketones (excluding diaryl/α,β-unsaturated/α-hetero) is 1. The van der Waals surface area contributed by atoms with Crippen molar-refractivity contribution in [2.24, 2.45) is 5.41 Å². The number of halogens is 3. The molecular weight excluding hydrogens is 507 g/mol. The van der Waals surface area contributed by atoms with Gasteiger partial charge in [0, 0.05) is 34.0 Å². The molecule has 5 nitrogen and oxygen atoms in total. The van der Waals surface area contributed by atoms with Crippen LogP contribution in [-0.2, 0) is 12.6 Å². The highest BCUT2D eigenvalue weighted by Gasteiger charge is 2.39. The molecule has 2 aliphatic carbocycles. The Kier molecular flexibility index (Phi) is 6.72. The molecule has 0 bridgehead atoms. The number of anilines is 1. The average molecular weight is 536 g/mol. The summed E-state index contributed by atoms with van der Waals surface area (Å²) < 4.78 is 39.5. The van der Waals surface area contributed by atoms with Crippen molar-refractivity contribution >= 4 is 40.6 Å². The Hall–Kier alpha value is -2.30. The van der Waals surface area contributed by atoms with Crippen LogP contribution in [0, 0.1) is 5.41 Å². The van der Waals surface area contributed by atoms with Crippen LogP contribution in [0.1, 0.15) is 78.4 Å². The van der Waals surface area contributed by atoms with Crippen LogP contribution in [0.5, 0.6) is 0 Å². The number of rotatable bonds is 4. The number of alkyl halides is 3. The number of nitrogens with zero attached hydrogens (tertiary/aromatic N) is 1. The van der Waals surface area contributed by atoms with E-state index in [-0.39, 0.29) is 22.9 Å². The first-order valence-electron chi connectivity index (χ1n) is 12.1. The van der Waals surface area contributed by atoms with Crippen molar-refractivity contribution < 1.29 is 22.8 Å². The van der Waals surface area contributed by atoms with Crippen LogP contribution in [0.4, 0.5) is 23.7 Å². The Bertz CT molecular complexity index is 1200.